The summed E-state index contributed by atoms with van der Waals surface area (Å²) in [7, 11) is 0. The van der Waals surface area contributed by atoms with E-state index in [1.54, 1.807) is 0 Å². The van der Waals surface area contributed by atoms with Gasteiger partial charge in [-0.15, -0.1) is 0 Å². The number of benzene rings is 1. The van der Waals surface area contributed by atoms with Gasteiger partial charge in [-0.1, -0.05) is 30.2 Å². The zero-order chi connectivity index (χ0) is 19.6. The van der Waals surface area contributed by atoms with Crippen LogP contribution in [-0.4, -0.2) is 10.4 Å². The predicted octanol–water partition coefficient (Wildman–Crippen LogP) is 5.91. The average molecular weight is 394 g/mol. The van der Waals surface area contributed by atoms with Gasteiger partial charge in [0.1, 0.15) is 0 Å². The molecule has 1 aromatic carbocycles. The third-order valence-corrected chi connectivity index (χ3v) is 4.64. The van der Waals surface area contributed by atoms with Gasteiger partial charge in [-0.05, 0) is 43.9 Å². The highest BCUT2D eigenvalue weighted by Crippen LogP contribution is 2.37. The zero-order valence-electron chi connectivity index (χ0n) is 14.2. The molecule has 1 aliphatic carbocycles. The first-order valence-corrected chi connectivity index (χ1v) is 8.76. The van der Waals surface area contributed by atoms with Crippen molar-refractivity contribution in [3.63, 3.8) is 0 Å². The van der Waals surface area contributed by atoms with E-state index in [-0.39, 0.29) is 5.69 Å². The number of pyridine rings is 1. The molecule has 1 fully saturated rings. The van der Waals surface area contributed by atoms with Gasteiger partial charge in [0, 0.05) is 16.3 Å². The standard InChI is InChI=1S/C19H15ClF3N3O/c1-24-17-15(19(21,22)23)11-16(12-7-9-13(20)10-8-12)26(18(17)27)25-14-5-3-2-4-6-14/h7-11H,2-6H2. The van der Waals surface area contributed by atoms with E-state index in [2.05, 4.69) is 9.95 Å². The average Bonchev–Trinajstić information content (AvgIpc) is 2.64. The first kappa shape index (κ1) is 19.2. The highest BCUT2D eigenvalue weighted by Gasteiger charge is 2.36. The Morgan fingerprint density at radius 2 is 1.74 bits per heavy atom. The molecule has 0 aliphatic heterocycles. The van der Waals surface area contributed by atoms with E-state index in [0.717, 1.165) is 35.7 Å². The monoisotopic (exact) mass is 393 g/mol. The van der Waals surface area contributed by atoms with Crippen LogP contribution in [0.3, 0.4) is 0 Å². The van der Waals surface area contributed by atoms with Gasteiger partial charge in [0.05, 0.1) is 17.8 Å². The van der Waals surface area contributed by atoms with E-state index < -0.39 is 23.0 Å². The Morgan fingerprint density at radius 3 is 2.30 bits per heavy atom. The normalized spacial score (nSPS) is 14.7. The first-order valence-electron chi connectivity index (χ1n) is 8.38. The quantitative estimate of drug-likeness (QED) is 0.585. The summed E-state index contributed by atoms with van der Waals surface area (Å²) < 4.78 is 41.2. The van der Waals surface area contributed by atoms with Crippen molar-refractivity contribution in [2.45, 2.75) is 38.3 Å². The minimum atomic E-state index is -4.82. The van der Waals surface area contributed by atoms with E-state index in [9.17, 15) is 18.0 Å². The molecule has 4 nitrogen and oxygen atoms in total. The van der Waals surface area contributed by atoms with Gasteiger partial charge in [0.15, 0.2) is 0 Å². The lowest BCUT2D eigenvalue weighted by Crippen LogP contribution is -2.23. The molecule has 0 radical (unpaired) electrons. The van der Waals surface area contributed by atoms with E-state index in [0.29, 0.717) is 23.4 Å². The minimum Gasteiger partial charge on any atom is -0.281 e. The van der Waals surface area contributed by atoms with Crippen LogP contribution in [-0.2, 0) is 6.18 Å². The van der Waals surface area contributed by atoms with Gasteiger partial charge in [-0.3, -0.25) is 4.79 Å². The summed E-state index contributed by atoms with van der Waals surface area (Å²) in [6, 6.07) is 6.90. The van der Waals surface area contributed by atoms with Crippen molar-refractivity contribution in [1.29, 1.82) is 0 Å². The molecule has 0 atom stereocenters. The van der Waals surface area contributed by atoms with Gasteiger partial charge in [0.2, 0.25) is 0 Å². The molecule has 2 aromatic rings. The van der Waals surface area contributed by atoms with E-state index in [1.807, 2.05) is 0 Å². The predicted molar refractivity (Wildman–Crippen MR) is 98.3 cm³/mol. The molecular formula is C19H15ClF3N3O. The molecule has 0 saturated heterocycles. The lowest BCUT2D eigenvalue weighted by molar-refractivity contribution is -0.136. The third kappa shape index (κ3) is 4.06. The van der Waals surface area contributed by atoms with Crippen LogP contribution in [0.25, 0.3) is 16.1 Å². The molecule has 0 bridgehead atoms. The molecule has 1 heterocycles. The number of hydrogen-bond acceptors (Lipinski definition) is 2. The Labute approximate surface area is 158 Å². The van der Waals surface area contributed by atoms with Gasteiger partial charge >= 0.3 is 6.18 Å². The minimum absolute atomic E-state index is 0.0190. The van der Waals surface area contributed by atoms with Crippen molar-refractivity contribution in [3.05, 3.63) is 62.7 Å². The second kappa shape index (κ2) is 7.57. The maximum Gasteiger partial charge on any atom is 0.407 e. The van der Waals surface area contributed by atoms with Crippen LogP contribution in [0.4, 0.5) is 18.9 Å². The molecule has 27 heavy (non-hydrogen) atoms. The molecular weight excluding hydrogens is 379 g/mol. The lowest BCUT2D eigenvalue weighted by Gasteiger charge is -2.17. The van der Waals surface area contributed by atoms with Crippen molar-refractivity contribution >= 4 is 23.0 Å². The van der Waals surface area contributed by atoms with Crippen LogP contribution in [0, 0.1) is 6.57 Å². The Kier molecular flexibility index (Phi) is 5.38. The molecule has 8 heteroatoms. The van der Waals surface area contributed by atoms with Crippen molar-refractivity contribution in [2.24, 2.45) is 5.10 Å². The summed E-state index contributed by atoms with van der Waals surface area (Å²) in [6.07, 6.45) is -0.572. The third-order valence-electron chi connectivity index (χ3n) is 4.39. The SMILES string of the molecule is [C-]#[N+]c1c(C(F)(F)F)cc(-c2ccc(Cl)cc2)n(N=C2CCCCC2)c1=O. The lowest BCUT2D eigenvalue weighted by atomic mass is 9.99. The smallest absolute Gasteiger partial charge is 0.281 e. The fourth-order valence-corrected chi connectivity index (χ4v) is 3.17. The van der Waals surface area contributed by atoms with Crippen molar-refractivity contribution < 1.29 is 13.2 Å². The van der Waals surface area contributed by atoms with E-state index in [1.165, 1.54) is 24.3 Å². The fourth-order valence-electron chi connectivity index (χ4n) is 3.04. The van der Waals surface area contributed by atoms with E-state index in [4.69, 9.17) is 18.2 Å². The Balaban J connectivity index is 2.31. The Hall–Kier alpha value is -2.59. The molecule has 0 amide bonds. The maximum atomic E-state index is 13.4. The number of hydrogen-bond donors (Lipinski definition) is 0. The molecule has 3 rings (SSSR count). The summed E-state index contributed by atoms with van der Waals surface area (Å²) in [5.41, 5.74) is -2.21. The van der Waals surface area contributed by atoms with Gasteiger partial charge < -0.3 is 0 Å². The maximum absolute atomic E-state index is 13.4. The second-order valence-corrected chi connectivity index (χ2v) is 6.69. The zero-order valence-corrected chi connectivity index (χ0v) is 14.9. The number of halogens is 4. The fraction of sp³-hybridized carbons (Fsp3) is 0.316. The Bertz CT molecular complexity index is 977. The molecule has 140 valence electrons. The number of alkyl halides is 3. The summed E-state index contributed by atoms with van der Waals surface area (Å²) in [5.74, 6) is 0. The van der Waals surface area contributed by atoms with Crippen molar-refractivity contribution in [2.75, 3.05) is 0 Å². The highest BCUT2D eigenvalue weighted by atomic mass is 35.5. The second-order valence-electron chi connectivity index (χ2n) is 6.25. The van der Waals surface area contributed by atoms with Crippen LogP contribution >= 0.6 is 11.6 Å². The summed E-state index contributed by atoms with van der Waals surface area (Å²) in [6.45, 7) is 7.07. The van der Waals surface area contributed by atoms with E-state index >= 15 is 0 Å². The molecule has 1 aliphatic rings. The van der Waals surface area contributed by atoms with Crippen molar-refractivity contribution in [3.8, 4) is 11.3 Å². The van der Waals surface area contributed by atoms with Gasteiger partial charge in [-0.2, -0.15) is 18.3 Å². The molecule has 0 unspecified atom stereocenters. The summed E-state index contributed by atoms with van der Waals surface area (Å²) in [4.78, 5) is 15.6. The molecule has 0 spiro atoms. The molecule has 1 aromatic heterocycles. The highest BCUT2D eigenvalue weighted by molar-refractivity contribution is 6.30. The topological polar surface area (TPSA) is 38.7 Å². The summed E-state index contributed by atoms with van der Waals surface area (Å²) >= 11 is 5.86. The number of aromatic nitrogens is 1. The van der Waals surface area contributed by atoms with Crippen LogP contribution in [0.2, 0.25) is 5.02 Å². The van der Waals surface area contributed by atoms with Crippen LogP contribution in [0.15, 0.2) is 40.2 Å². The van der Waals surface area contributed by atoms with Gasteiger partial charge in [-0.25, -0.2) is 9.52 Å². The largest absolute Gasteiger partial charge is 0.407 e. The molecule has 1 saturated carbocycles. The van der Waals surface area contributed by atoms with Crippen LogP contribution < -0.4 is 5.56 Å². The van der Waals surface area contributed by atoms with Crippen LogP contribution in [0.5, 0.6) is 0 Å². The molecule has 0 N–H and O–H groups in total. The summed E-state index contributed by atoms with van der Waals surface area (Å²) in [5, 5.41) is 4.74. The van der Waals surface area contributed by atoms with Crippen LogP contribution in [0.1, 0.15) is 37.7 Å². The number of rotatable bonds is 2. The van der Waals surface area contributed by atoms with Gasteiger partial charge in [0.25, 0.3) is 11.2 Å². The number of nitrogens with zero attached hydrogens (tertiary/aromatic N) is 3. The Morgan fingerprint density at radius 1 is 1.11 bits per heavy atom. The first-order chi connectivity index (χ1) is 12.8. The van der Waals surface area contributed by atoms with Crippen molar-refractivity contribution in [1.82, 2.24) is 4.68 Å².